The third kappa shape index (κ3) is 1.25. The van der Waals surface area contributed by atoms with Crippen molar-refractivity contribution >= 4 is 44.0 Å². The zero-order valence-corrected chi connectivity index (χ0v) is 9.37. The van der Waals surface area contributed by atoms with Crippen LogP contribution < -0.4 is 0 Å². The molecule has 0 radical (unpaired) electrons. The third-order valence-electron chi connectivity index (χ3n) is 1.73. The molecule has 0 spiro atoms. The quantitative estimate of drug-likeness (QED) is 0.645. The molecular weight excluding hydrogens is 286 g/mol. The van der Waals surface area contributed by atoms with Crippen molar-refractivity contribution in [2.24, 2.45) is 0 Å². The number of thiophene rings is 1. The molecule has 0 atom stereocenters. The van der Waals surface area contributed by atoms with Crippen LogP contribution in [-0.2, 0) is 0 Å². The highest BCUT2D eigenvalue weighted by Crippen LogP contribution is 2.29. The lowest BCUT2D eigenvalue weighted by atomic mass is 10.2. The predicted molar refractivity (Wildman–Crippen MR) is 59.2 cm³/mol. The Morgan fingerprint density at radius 1 is 1.42 bits per heavy atom. The van der Waals surface area contributed by atoms with Crippen LogP contribution in [0.15, 0.2) is 17.5 Å². The summed E-state index contributed by atoms with van der Waals surface area (Å²) in [7, 11) is 0. The summed E-state index contributed by atoms with van der Waals surface area (Å²) in [6, 6.07) is 4.02. The molecule has 0 amide bonds. The lowest BCUT2D eigenvalue weighted by Crippen LogP contribution is -1.78. The fourth-order valence-electron chi connectivity index (χ4n) is 1.21. The van der Waals surface area contributed by atoms with Crippen molar-refractivity contribution in [3.63, 3.8) is 0 Å². The van der Waals surface area contributed by atoms with Crippen LogP contribution in [0.1, 0.15) is 5.56 Å². The standard InChI is InChI=1S/C9H6FIS/c1-5-2-7(11)9-6(10)4-12-8(9)3-5/h2-4H,1H3. The normalized spacial score (nSPS) is 10.9. The molecule has 3 heteroatoms. The zero-order chi connectivity index (χ0) is 8.72. The molecule has 1 heterocycles. The predicted octanol–water partition coefficient (Wildman–Crippen LogP) is 3.95. The fraction of sp³-hybridized carbons (Fsp3) is 0.111. The van der Waals surface area contributed by atoms with Gasteiger partial charge in [0.25, 0.3) is 0 Å². The molecule has 0 fully saturated rings. The average molecular weight is 292 g/mol. The number of hydrogen-bond acceptors (Lipinski definition) is 1. The van der Waals surface area contributed by atoms with E-state index in [0.29, 0.717) is 0 Å². The van der Waals surface area contributed by atoms with Gasteiger partial charge in [-0.25, -0.2) is 4.39 Å². The van der Waals surface area contributed by atoms with E-state index in [2.05, 4.69) is 22.6 Å². The Hall–Kier alpha value is -0.160. The topological polar surface area (TPSA) is 0 Å². The molecule has 62 valence electrons. The van der Waals surface area contributed by atoms with Crippen LogP contribution in [-0.4, -0.2) is 0 Å². The van der Waals surface area contributed by atoms with Crippen LogP contribution in [0.2, 0.25) is 0 Å². The van der Waals surface area contributed by atoms with E-state index in [0.717, 1.165) is 13.7 Å². The summed E-state index contributed by atoms with van der Waals surface area (Å²) in [5.41, 5.74) is 1.19. The Morgan fingerprint density at radius 3 is 2.92 bits per heavy atom. The SMILES string of the molecule is Cc1cc(I)c2c(F)csc2c1. The smallest absolute Gasteiger partial charge is 0.142 e. The summed E-state index contributed by atoms with van der Waals surface area (Å²) in [4.78, 5) is 0. The zero-order valence-electron chi connectivity index (χ0n) is 6.40. The second-order valence-electron chi connectivity index (χ2n) is 2.70. The molecule has 1 aromatic heterocycles. The van der Waals surface area contributed by atoms with Crippen molar-refractivity contribution in [2.45, 2.75) is 6.92 Å². The van der Waals surface area contributed by atoms with Gasteiger partial charge in [-0.1, -0.05) is 0 Å². The van der Waals surface area contributed by atoms with Gasteiger partial charge in [-0.2, -0.15) is 0 Å². The third-order valence-corrected chi connectivity index (χ3v) is 3.48. The number of aryl methyl sites for hydroxylation is 1. The monoisotopic (exact) mass is 292 g/mol. The first kappa shape index (κ1) is 8.44. The van der Waals surface area contributed by atoms with E-state index in [1.54, 1.807) is 5.38 Å². The van der Waals surface area contributed by atoms with Crippen molar-refractivity contribution in [1.82, 2.24) is 0 Å². The molecule has 0 aliphatic carbocycles. The molecule has 0 nitrogen and oxygen atoms in total. The van der Waals surface area contributed by atoms with Gasteiger partial charge >= 0.3 is 0 Å². The maximum atomic E-state index is 13.1. The molecule has 0 aliphatic rings. The summed E-state index contributed by atoms with van der Waals surface area (Å²) in [6.07, 6.45) is 0. The van der Waals surface area contributed by atoms with E-state index >= 15 is 0 Å². The lowest BCUT2D eigenvalue weighted by Gasteiger charge is -1.96. The molecule has 0 bridgehead atoms. The Bertz CT molecular complexity index is 433. The van der Waals surface area contributed by atoms with Gasteiger partial charge in [0, 0.05) is 19.0 Å². The van der Waals surface area contributed by atoms with Crippen LogP contribution in [0.4, 0.5) is 4.39 Å². The molecule has 1 aromatic carbocycles. The number of fused-ring (bicyclic) bond motifs is 1. The van der Waals surface area contributed by atoms with E-state index in [1.807, 2.05) is 19.1 Å². The van der Waals surface area contributed by atoms with E-state index in [1.165, 1.54) is 16.9 Å². The molecule has 0 N–H and O–H groups in total. The maximum absolute atomic E-state index is 13.1. The minimum atomic E-state index is -0.0978. The van der Waals surface area contributed by atoms with Crippen molar-refractivity contribution in [1.29, 1.82) is 0 Å². The molecule has 0 saturated carbocycles. The minimum absolute atomic E-state index is 0.0978. The average Bonchev–Trinajstić information content (AvgIpc) is 2.31. The molecule has 0 saturated heterocycles. The number of rotatable bonds is 0. The van der Waals surface area contributed by atoms with E-state index in [-0.39, 0.29) is 5.82 Å². The van der Waals surface area contributed by atoms with Gasteiger partial charge in [-0.15, -0.1) is 11.3 Å². The Balaban J connectivity index is 2.93. The molecule has 0 unspecified atom stereocenters. The van der Waals surface area contributed by atoms with Crippen molar-refractivity contribution in [3.05, 3.63) is 32.5 Å². The highest BCUT2D eigenvalue weighted by atomic mass is 127. The summed E-state index contributed by atoms with van der Waals surface area (Å²) < 4.78 is 15.2. The first-order valence-electron chi connectivity index (χ1n) is 3.51. The highest BCUT2D eigenvalue weighted by Gasteiger charge is 2.06. The van der Waals surface area contributed by atoms with Crippen LogP contribution in [0, 0.1) is 16.3 Å². The summed E-state index contributed by atoms with van der Waals surface area (Å²) >= 11 is 3.64. The minimum Gasteiger partial charge on any atom is -0.205 e. The van der Waals surface area contributed by atoms with Gasteiger partial charge in [-0.05, 0) is 47.2 Å². The highest BCUT2D eigenvalue weighted by molar-refractivity contribution is 14.1. The molecule has 2 rings (SSSR count). The van der Waals surface area contributed by atoms with Crippen LogP contribution in [0.5, 0.6) is 0 Å². The van der Waals surface area contributed by atoms with Crippen LogP contribution >= 0.6 is 33.9 Å². The Labute approximate surface area is 87.5 Å². The second kappa shape index (κ2) is 2.96. The van der Waals surface area contributed by atoms with Gasteiger partial charge in [0.1, 0.15) is 5.82 Å². The van der Waals surface area contributed by atoms with Crippen LogP contribution in [0.3, 0.4) is 0 Å². The number of halogens is 2. The molecule has 2 aromatic rings. The van der Waals surface area contributed by atoms with Gasteiger partial charge in [0.2, 0.25) is 0 Å². The first-order valence-corrected chi connectivity index (χ1v) is 5.47. The first-order chi connectivity index (χ1) is 5.68. The van der Waals surface area contributed by atoms with Gasteiger partial charge in [0.05, 0.1) is 0 Å². The van der Waals surface area contributed by atoms with Crippen molar-refractivity contribution in [2.75, 3.05) is 0 Å². The van der Waals surface area contributed by atoms with Crippen LogP contribution in [0.25, 0.3) is 10.1 Å². The fourth-order valence-corrected chi connectivity index (χ4v) is 3.36. The lowest BCUT2D eigenvalue weighted by molar-refractivity contribution is 0.644. The largest absolute Gasteiger partial charge is 0.205 e. The maximum Gasteiger partial charge on any atom is 0.142 e. The van der Waals surface area contributed by atoms with Gasteiger partial charge < -0.3 is 0 Å². The summed E-state index contributed by atoms with van der Waals surface area (Å²) in [5, 5.41) is 2.33. The van der Waals surface area contributed by atoms with Gasteiger partial charge in [-0.3, -0.25) is 0 Å². The Kier molecular flexibility index (Phi) is 2.08. The van der Waals surface area contributed by atoms with Crippen molar-refractivity contribution < 1.29 is 4.39 Å². The molecular formula is C9H6FIS. The molecule has 0 aliphatic heterocycles. The summed E-state index contributed by atoms with van der Waals surface area (Å²) in [5.74, 6) is -0.0978. The van der Waals surface area contributed by atoms with Gasteiger partial charge in [0.15, 0.2) is 0 Å². The second-order valence-corrected chi connectivity index (χ2v) is 4.78. The Morgan fingerprint density at radius 2 is 2.17 bits per heavy atom. The van der Waals surface area contributed by atoms with Crippen molar-refractivity contribution in [3.8, 4) is 0 Å². The van der Waals surface area contributed by atoms with E-state index in [4.69, 9.17) is 0 Å². The summed E-state index contributed by atoms with van der Waals surface area (Å²) in [6.45, 7) is 2.03. The molecule has 12 heavy (non-hydrogen) atoms. The van der Waals surface area contributed by atoms with E-state index < -0.39 is 0 Å². The van der Waals surface area contributed by atoms with E-state index in [9.17, 15) is 4.39 Å². The number of hydrogen-bond donors (Lipinski definition) is 0. The number of benzene rings is 1.